The van der Waals surface area contributed by atoms with Crippen molar-refractivity contribution in [3.05, 3.63) is 21.7 Å². The first-order valence-electron chi connectivity index (χ1n) is 5.23. The number of hydrogen-bond donors (Lipinski definition) is 1. The van der Waals surface area contributed by atoms with Crippen molar-refractivity contribution in [1.82, 2.24) is 0 Å². The molecule has 1 aliphatic heterocycles. The highest BCUT2D eigenvalue weighted by Crippen LogP contribution is 2.44. The molecule has 1 heterocycles. The van der Waals surface area contributed by atoms with Gasteiger partial charge in [-0.05, 0) is 48.3 Å². The van der Waals surface area contributed by atoms with Gasteiger partial charge in [0.15, 0.2) is 11.5 Å². The smallest absolute Gasteiger partial charge is 0.175 e. The molecule has 0 atom stereocenters. The van der Waals surface area contributed by atoms with Gasteiger partial charge >= 0.3 is 0 Å². The van der Waals surface area contributed by atoms with E-state index in [0.717, 1.165) is 21.3 Å². The van der Waals surface area contributed by atoms with Gasteiger partial charge in [-0.3, -0.25) is 0 Å². The quantitative estimate of drug-likeness (QED) is 0.863. The average Bonchev–Trinajstić information content (AvgIpc) is 2.15. The van der Waals surface area contributed by atoms with Crippen LogP contribution in [-0.4, -0.2) is 18.3 Å². The summed E-state index contributed by atoms with van der Waals surface area (Å²) in [6.45, 7) is 6.59. The van der Waals surface area contributed by atoms with Crippen molar-refractivity contribution < 1.29 is 14.6 Å². The minimum atomic E-state index is -0.904. The van der Waals surface area contributed by atoms with Crippen LogP contribution in [0.15, 0.2) is 10.5 Å². The SMILES string of the molecule is Cc1cc2c(c(Br)c1C(C)(C)O)OCCO2. The van der Waals surface area contributed by atoms with E-state index in [1.54, 1.807) is 13.8 Å². The largest absolute Gasteiger partial charge is 0.486 e. The number of aliphatic hydroxyl groups is 1. The highest BCUT2D eigenvalue weighted by atomic mass is 79.9. The molecular weight excluding hydrogens is 272 g/mol. The van der Waals surface area contributed by atoms with E-state index in [4.69, 9.17) is 9.47 Å². The van der Waals surface area contributed by atoms with Crippen molar-refractivity contribution >= 4 is 15.9 Å². The maximum atomic E-state index is 10.1. The number of hydrogen-bond acceptors (Lipinski definition) is 3. The van der Waals surface area contributed by atoms with Crippen LogP contribution in [0.25, 0.3) is 0 Å². The molecule has 0 amide bonds. The first kappa shape index (κ1) is 11.7. The highest BCUT2D eigenvalue weighted by Gasteiger charge is 2.27. The van der Waals surface area contributed by atoms with Gasteiger partial charge < -0.3 is 14.6 Å². The first-order valence-corrected chi connectivity index (χ1v) is 6.02. The van der Waals surface area contributed by atoms with Crippen molar-refractivity contribution in [2.75, 3.05) is 13.2 Å². The molecule has 1 aromatic rings. The van der Waals surface area contributed by atoms with Crippen molar-refractivity contribution in [3.8, 4) is 11.5 Å². The zero-order valence-corrected chi connectivity index (χ0v) is 11.2. The molecule has 4 heteroatoms. The third-order valence-corrected chi connectivity index (χ3v) is 3.34. The van der Waals surface area contributed by atoms with Crippen LogP contribution in [0.4, 0.5) is 0 Å². The molecule has 0 radical (unpaired) electrons. The fourth-order valence-electron chi connectivity index (χ4n) is 2.02. The minimum absolute atomic E-state index is 0.542. The van der Waals surface area contributed by atoms with Gasteiger partial charge in [-0.2, -0.15) is 0 Å². The molecule has 0 spiro atoms. The lowest BCUT2D eigenvalue weighted by atomic mass is 9.93. The topological polar surface area (TPSA) is 38.7 Å². The lowest BCUT2D eigenvalue weighted by molar-refractivity contribution is 0.0759. The summed E-state index contributed by atoms with van der Waals surface area (Å²) >= 11 is 3.49. The maximum absolute atomic E-state index is 10.1. The van der Waals surface area contributed by atoms with E-state index in [9.17, 15) is 5.11 Å². The fraction of sp³-hybridized carbons (Fsp3) is 0.500. The Morgan fingerprint density at radius 1 is 1.31 bits per heavy atom. The van der Waals surface area contributed by atoms with Crippen molar-refractivity contribution in [2.45, 2.75) is 26.4 Å². The van der Waals surface area contributed by atoms with Crippen LogP contribution in [-0.2, 0) is 5.60 Å². The summed E-state index contributed by atoms with van der Waals surface area (Å²) in [6, 6.07) is 1.91. The Morgan fingerprint density at radius 3 is 2.56 bits per heavy atom. The monoisotopic (exact) mass is 286 g/mol. The average molecular weight is 287 g/mol. The van der Waals surface area contributed by atoms with Crippen LogP contribution in [0.5, 0.6) is 11.5 Å². The molecule has 1 N–H and O–H groups in total. The number of benzene rings is 1. The summed E-state index contributed by atoms with van der Waals surface area (Å²) in [5, 5.41) is 10.1. The molecular formula is C12H15BrO3. The Balaban J connectivity index is 2.63. The van der Waals surface area contributed by atoms with Gasteiger partial charge in [-0.25, -0.2) is 0 Å². The number of aryl methyl sites for hydroxylation is 1. The van der Waals surface area contributed by atoms with Crippen molar-refractivity contribution in [1.29, 1.82) is 0 Å². The second-order valence-electron chi connectivity index (χ2n) is 4.47. The number of ether oxygens (including phenoxy) is 2. The number of rotatable bonds is 1. The van der Waals surface area contributed by atoms with Gasteiger partial charge in [0.25, 0.3) is 0 Å². The molecule has 1 aliphatic rings. The van der Waals surface area contributed by atoms with E-state index in [1.807, 2.05) is 13.0 Å². The fourth-order valence-corrected chi connectivity index (χ4v) is 3.13. The van der Waals surface area contributed by atoms with Crippen molar-refractivity contribution in [2.24, 2.45) is 0 Å². The third kappa shape index (κ3) is 1.92. The summed E-state index contributed by atoms with van der Waals surface area (Å²) in [7, 11) is 0. The Kier molecular flexibility index (Phi) is 2.88. The van der Waals surface area contributed by atoms with Gasteiger partial charge in [0, 0.05) is 5.56 Å². The summed E-state index contributed by atoms with van der Waals surface area (Å²) < 4.78 is 11.9. The second-order valence-corrected chi connectivity index (χ2v) is 5.26. The predicted molar refractivity (Wildman–Crippen MR) is 65.1 cm³/mol. The normalized spacial score (nSPS) is 15.1. The Labute approximate surface area is 104 Å². The van der Waals surface area contributed by atoms with Gasteiger partial charge in [-0.15, -0.1) is 0 Å². The molecule has 1 aromatic carbocycles. The molecule has 0 fully saturated rings. The summed E-state index contributed by atoms with van der Waals surface area (Å²) in [5.41, 5.74) is 0.930. The predicted octanol–water partition coefficient (Wildman–Crippen LogP) is 2.76. The van der Waals surface area contributed by atoms with Crippen LogP contribution < -0.4 is 9.47 Å². The number of halogens is 1. The first-order chi connectivity index (χ1) is 7.41. The summed E-state index contributed by atoms with van der Waals surface area (Å²) in [6.07, 6.45) is 0. The minimum Gasteiger partial charge on any atom is -0.486 e. The molecule has 0 saturated carbocycles. The van der Waals surface area contributed by atoms with Crippen LogP contribution in [0.2, 0.25) is 0 Å². The zero-order chi connectivity index (χ0) is 11.9. The molecule has 0 saturated heterocycles. The van der Waals surface area contributed by atoms with E-state index >= 15 is 0 Å². The standard InChI is InChI=1S/C12H15BrO3/c1-7-6-8-11(16-5-4-15-8)10(13)9(7)12(2,3)14/h6,14H,4-5H2,1-3H3. The lowest BCUT2D eigenvalue weighted by Crippen LogP contribution is -2.21. The van der Waals surface area contributed by atoms with E-state index in [2.05, 4.69) is 15.9 Å². The van der Waals surface area contributed by atoms with Crippen LogP contribution in [0, 0.1) is 6.92 Å². The van der Waals surface area contributed by atoms with Crippen molar-refractivity contribution in [3.63, 3.8) is 0 Å². The zero-order valence-electron chi connectivity index (χ0n) is 9.63. The van der Waals surface area contributed by atoms with Gasteiger partial charge in [-0.1, -0.05) is 0 Å². The van der Waals surface area contributed by atoms with E-state index in [0.29, 0.717) is 19.0 Å². The van der Waals surface area contributed by atoms with E-state index < -0.39 is 5.60 Å². The van der Waals surface area contributed by atoms with Gasteiger partial charge in [0.05, 0.1) is 10.1 Å². The molecule has 3 nitrogen and oxygen atoms in total. The molecule has 16 heavy (non-hydrogen) atoms. The molecule has 88 valence electrons. The van der Waals surface area contributed by atoms with Gasteiger partial charge in [0.2, 0.25) is 0 Å². The third-order valence-electron chi connectivity index (χ3n) is 2.58. The van der Waals surface area contributed by atoms with Gasteiger partial charge in [0.1, 0.15) is 13.2 Å². The lowest BCUT2D eigenvalue weighted by Gasteiger charge is -2.27. The van der Waals surface area contributed by atoms with E-state index in [1.165, 1.54) is 0 Å². The maximum Gasteiger partial charge on any atom is 0.175 e. The van der Waals surface area contributed by atoms with Crippen LogP contribution in [0.1, 0.15) is 25.0 Å². The molecule has 0 bridgehead atoms. The molecule has 0 aromatic heterocycles. The molecule has 0 unspecified atom stereocenters. The van der Waals surface area contributed by atoms with Crippen LogP contribution in [0.3, 0.4) is 0 Å². The summed E-state index contributed by atoms with van der Waals surface area (Å²) in [5.74, 6) is 1.43. The van der Waals surface area contributed by atoms with Crippen LogP contribution >= 0.6 is 15.9 Å². The van der Waals surface area contributed by atoms with E-state index in [-0.39, 0.29) is 0 Å². The Hall–Kier alpha value is -0.740. The molecule has 2 rings (SSSR count). The summed E-state index contributed by atoms with van der Waals surface area (Å²) in [4.78, 5) is 0. The molecule has 0 aliphatic carbocycles. The number of fused-ring (bicyclic) bond motifs is 1. The highest BCUT2D eigenvalue weighted by molar-refractivity contribution is 9.10. The second kappa shape index (κ2) is 3.93. The Bertz CT molecular complexity index is 421. The Morgan fingerprint density at radius 2 is 1.94 bits per heavy atom.